The average molecular weight is 173 g/mol. The normalized spacial score (nSPS) is 11.6. The Hall–Kier alpha value is -1.19. The summed E-state index contributed by atoms with van der Waals surface area (Å²) in [6, 6.07) is 1.48. The molecular weight excluding hydrogens is 164 g/mol. The molecule has 0 saturated heterocycles. The van der Waals surface area contributed by atoms with Gasteiger partial charge in [-0.3, -0.25) is 4.79 Å². The lowest BCUT2D eigenvalue weighted by Crippen LogP contribution is -2.16. The lowest BCUT2D eigenvalue weighted by atomic mass is 10.1. The maximum atomic E-state index is 12.3. The van der Waals surface area contributed by atoms with Crippen LogP contribution in [0.4, 0.5) is 8.78 Å². The van der Waals surface area contributed by atoms with Crippen LogP contribution in [0.2, 0.25) is 0 Å². The van der Waals surface area contributed by atoms with Crippen molar-refractivity contribution in [3.05, 3.63) is 24.0 Å². The lowest BCUT2D eigenvalue weighted by Gasteiger charge is -2.06. The van der Waals surface area contributed by atoms with Gasteiger partial charge in [-0.1, -0.05) is 0 Å². The van der Waals surface area contributed by atoms with Crippen LogP contribution >= 0.6 is 0 Å². The van der Waals surface area contributed by atoms with Crippen molar-refractivity contribution in [2.45, 2.75) is 19.3 Å². The van der Waals surface area contributed by atoms with Gasteiger partial charge in [0.05, 0.1) is 6.42 Å². The molecule has 0 atom stereocenters. The zero-order valence-corrected chi connectivity index (χ0v) is 6.60. The molecule has 0 bridgehead atoms. The number of Topliss-reactive ketones (excluding diaryl/α,β-unsaturated/α-hetero) is 1. The number of alkyl halides is 2. The van der Waals surface area contributed by atoms with E-state index in [0.29, 0.717) is 5.56 Å². The number of hydrogen-bond donors (Lipinski definition) is 1. The molecule has 0 spiro atoms. The Balaban J connectivity index is 2.63. The van der Waals surface area contributed by atoms with E-state index in [9.17, 15) is 13.6 Å². The largest absolute Gasteiger partial charge is 0.367 e. The van der Waals surface area contributed by atoms with Gasteiger partial charge in [0.15, 0.2) is 5.78 Å². The topological polar surface area (TPSA) is 32.9 Å². The van der Waals surface area contributed by atoms with Crippen molar-refractivity contribution >= 4 is 5.78 Å². The molecule has 4 heteroatoms. The van der Waals surface area contributed by atoms with Crippen LogP contribution in [-0.4, -0.2) is 16.7 Å². The summed E-state index contributed by atoms with van der Waals surface area (Å²) in [5, 5.41) is 0. The maximum absolute atomic E-state index is 12.3. The monoisotopic (exact) mass is 173 g/mol. The number of aromatic nitrogens is 1. The van der Waals surface area contributed by atoms with Gasteiger partial charge in [0.1, 0.15) is 0 Å². The number of aromatic amines is 1. The van der Waals surface area contributed by atoms with Gasteiger partial charge >= 0.3 is 0 Å². The Kier molecular flexibility index (Phi) is 2.26. The van der Waals surface area contributed by atoms with Gasteiger partial charge in [0.2, 0.25) is 0 Å². The average Bonchev–Trinajstić information content (AvgIpc) is 2.32. The molecule has 12 heavy (non-hydrogen) atoms. The SMILES string of the molecule is CC(F)(F)CC(=O)c1cc[nH]c1. The molecular formula is C8H9F2NO. The van der Waals surface area contributed by atoms with E-state index in [4.69, 9.17) is 0 Å². The fourth-order valence-electron chi connectivity index (χ4n) is 0.881. The van der Waals surface area contributed by atoms with E-state index >= 15 is 0 Å². The van der Waals surface area contributed by atoms with Crippen molar-refractivity contribution < 1.29 is 13.6 Å². The lowest BCUT2D eigenvalue weighted by molar-refractivity contribution is 0.0156. The van der Waals surface area contributed by atoms with Gasteiger partial charge in [-0.15, -0.1) is 0 Å². The molecule has 2 nitrogen and oxygen atoms in total. The van der Waals surface area contributed by atoms with Crippen molar-refractivity contribution in [2.75, 3.05) is 0 Å². The van der Waals surface area contributed by atoms with Crippen LogP contribution in [0.5, 0.6) is 0 Å². The van der Waals surface area contributed by atoms with Gasteiger partial charge < -0.3 is 4.98 Å². The molecule has 1 aromatic rings. The van der Waals surface area contributed by atoms with Crippen molar-refractivity contribution in [2.24, 2.45) is 0 Å². The predicted molar refractivity (Wildman–Crippen MR) is 40.4 cm³/mol. The maximum Gasteiger partial charge on any atom is 0.252 e. The van der Waals surface area contributed by atoms with Crippen molar-refractivity contribution in [3.63, 3.8) is 0 Å². The Morgan fingerprint density at radius 2 is 2.33 bits per heavy atom. The second-order valence-electron chi connectivity index (χ2n) is 2.77. The summed E-state index contributed by atoms with van der Waals surface area (Å²) in [7, 11) is 0. The Labute approximate surface area is 68.6 Å². The smallest absolute Gasteiger partial charge is 0.252 e. The van der Waals surface area contributed by atoms with E-state index in [-0.39, 0.29) is 0 Å². The molecule has 0 amide bonds. The third-order valence-corrected chi connectivity index (χ3v) is 1.39. The second-order valence-corrected chi connectivity index (χ2v) is 2.77. The molecule has 0 aliphatic carbocycles. The summed E-state index contributed by atoms with van der Waals surface area (Å²) < 4.78 is 24.7. The van der Waals surface area contributed by atoms with Gasteiger partial charge in [-0.05, 0) is 13.0 Å². The van der Waals surface area contributed by atoms with Crippen LogP contribution in [0.25, 0.3) is 0 Å². The molecule has 1 heterocycles. The van der Waals surface area contributed by atoms with E-state index in [1.165, 1.54) is 18.5 Å². The molecule has 1 aromatic heterocycles. The highest BCUT2D eigenvalue weighted by Crippen LogP contribution is 2.19. The highest BCUT2D eigenvalue weighted by atomic mass is 19.3. The summed E-state index contributed by atoms with van der Waals surface area (Å²) in [6.45, 7) is 0.734. The Bertz CT molecular complexity index is 261. The first-order chi connectivity index (χ1) is 5.49. The van der Waals surface area contributed by atoms with Gasteiger partial charge in [-0.2, -0.15) is 0 Å². The van der Waals surface area contributed by atoms with Gasteiger partial charge in [0, 0.05) is 18.0 Å². The highest BCUT2D eigenvalue weighted by molar-refractivity contribution is 5.96. The number of rotatable bonds is 3. The molecule has 0 radical (unpaired) electrons. The first kappa shape index (κ1) is 8.90. The molecule has 0 unspecified atom stereocenters. The van der Waals surface area contributed by atoms with Crippen LogP contribution < -0.4 is 0 Å². The number of hydrogen-bond acceptors (Lipinski definition) is 1. The summed E-state index contributed by atoms with van der Waals surface area (Å²) in [4.78, 5) is 13.7. The van der Waals surface area contributed by atoms with Crippen molar-refractivity contribution in [1.82, 2.24) is 4.98 Å². The van der Waals surface area contributed by atoms with Crippen molar-refractivity contribution in [1.29, 1.82) is 0 Å². The molecule has 0 saturated carbocycles. The zero-order valence-electron chi connectivity index (χ0n) is 6.60. The number of ketones is 1. The minimum absolute atomic E-state index is 0.302. The predicted octanol–water partition coefficient (Wildman–Crippen LogP) is 2.24. The number of carbonyl (C=O) groups excluding carboxylic acids is 1. The van der Waals surface area contributed by atoms with E-state index in [0.717, 1.165) is 6.92 Å². The number of H-pyrrole nitrogens is 1. The van der Waals surface area contributed by atoms with E-state index < -0.39 is 18.1 Å². The van der Waals surface area contributed by atoms with Crippen LogP contribution in [0.1, 0.15) is 23.7 Å². The summed E-state index contributed by atoms with van der Waals surface area (Å²) >= 11 is 0. The Morgan fingerprint density at radius 1 is 1.67 bits per heavy atom. The third-order valence-electron chi connectivity index (χ3n) is 1.39. The fraction of sp³-hybridized carbons (Fsp3) is 0.375. The zero-order chi connectivity index (χ0) is 9.19. The molecule has 0 aliphatic heterocycles. The van der Waals surface area contributed by atoms with Crippen LogP contribution in [-0.2, 0) is 0 Å². The van der Waals surface area contributed by atoms with Gasteiger partial charge in [-0.25, -0.2) is 8.78 Å². The molecule has 0 fully saturated rings. The first-order valence-corrected chi connectivity index (χ1v) is 3.53. The number of halogens is 2. The number of carbonyl (C=O) groups is 1. The quantitative estimate of drug-likeness (QED) is 0.698. The van der Waals surface area contributed by atoms with E-state index in [2.05, 4.69) is 4.98 Å². The first-order valence-electron chi connectivity index (χ1n) is 3.53. The Morgan fingerprint density at radius 3 is 2.75 bits per heavy atom. The van der Waals surface area contributed by atoms with Crippen molar-refractivity contribution in [3.8, 4) is 0 Å². The standard InChI is InChI=1S/C8H9F2NO/c1-8(9,10)4-7(12)6-2-3-11-5-6/h2-3,5,11H,4H2,1H3. The molecule has 66 valence electrons. The molecule has 0 aliphatic rings. The summed E-state index contributed by atoms with van der Waals surface area (Å²) in [5.74, 6) is -3.46. The fourth-order valence-corrected chi connectivity index (χ4v) is 0.881. The van der Waals surface area contributed by atoms with Crippen LogP contribution in [0, 0.1) is 0 Å². The minimum Gasteiger partial charge on any atom is -0.367 e. The van der Waals surface area contributed by atoms with Crippen LogP contribution in [0.3, 0.4) is 0 Å². The van der Waals surface area contributed by atoms with E-state index in [1.807, 2.05) is 0 Å². The second kappa shape index (κ2) is 3.05. The highest BCUT2D eigenvalue weighted by Gasteiger charge is 2.26. The van der Waals surface area contributed by atoms with E-state index in [1.54, 1.807) is 0 Å². The minimum atomic E-state index is -2.92. The third kappa shape index (κ3) is 2.45. The molecule has 1 N–H and O–H groups in total. The molecule has 0 aromatic carbocycles. The van der Waals surface area contributed by atoms with Gasteiger partial charge in [0.25, 0.3) is 5.92 Å². The molecule has 1 rings (SSSR count). The summed E-state index contributed by atoms with van der Waals surface area (Å²) in [6.07, 6.45) is 2.21. The summed E-state index contributed by atoms with van der Waals surface area (Å²) in [5.41, 5.74) is 0.302. The van der Waals surface area contributed by atoms with Crippen LogP contribution in [0.15, 0.2) is 18.5 Å². The number of nitrogens with one attached hydrogen (secondary N) is 1.